The van der Waals surface area contributed by atoms with Crippen molar-refractivity contribution in [1.29, 1.82) is 0 Å². The molecule has 0 saturated heterocycles. The lowest BCUT2D eigenvalue weighted by Gasteiger charge is -2.01. The summed E-state index contributed by atoms with van der Waals surface area (Å²) in [7, 11) is 0. The highest BCUT2D eigenvalue weighted by atomic mass is 35.5. The molecule has 0 bridgehead atoms. The van der Waals surface area contributed by atoms with Crippen molar-refractivity contribution < 1.29 is 13.2 Å². The molecule has 158 valence electrons. The highest BCUT2D eigenvalue weighted by molar-refractivity contribution is 6.43. The SMILES string of the molecule is Fc1ccc(-c2nc3cc(N=Cc4ccc(-c5cccc(Cl)c5Cl)o4)ccc3o2)c(Cl)c1. The number of nitrogens with zero attached hydrogens (tertiary/aromatic N) is 2. The second kappa shape index (κ2) is 8.43. The zero-order chi connectivity index (χ0) is 22.2. The monoisotopic (exact) mass is 484 g/mol. The second-order valence-corrected chi connectivity index (χ2v) is 8.05. The first-order valence-corrected chi connectivity index (χ1v) is 10.6. The number of hydrogen-bond donors (Lipinski definition) is 0. The quantitative estimate of drug-likeness (QED) is 0.239. The van der Waals surface area contributed by atoms with Gasteiger partial charge in [0.1, 0.15) is 22.9 Å². The van der Waals surface area contributed by atoms with E-state index in [0.717, 1.165) is 0 Å². The molecule has 0 aliphatic carbocycles. The zero-order valence-electron chi connectivity index (χ0n) is 16.2. The van der Waals surface area contributed by atoms with E-state index in [1.165, 1.54) is 18.2 Å². The number of hydrogen-bond acceptors (Lipinski definition) is 4. The van der Waals surface area contributed by atoms with E-state index < -0.39 is 5.82 Å². The van der Waals surface area contributed by atoms with Gasteiger partial charge in [-0.1, -0.05) is 40.9 Å². The maximum absolute atomic E-state index is 13.3. The Hall–Kier alpha value is -3.12. The summed E-state index contributed by atoms with van der Waals surface area (Å²) in [6, 6.07) is 18.3. The number of fused-ring (bicyclic) bond motifs is 1. The van der Waals surface area contributed by atoms with Crippen LogP contribution in [0, 0.1) is 5.82 Å². The van der Waals surface area contributed by atoms with E-state index in [9.17, 15) is 4.39 Å². The lowest BCUT2D eigenvalue weighted by atomic mass is 10.2. The summed E-state index contributed by atoms with van der Waals surface area (Å²) in [5, 5.41) is 1.11. The molecule has 0 atom stereocenters. The van der Waals surface area contributed by atoms with Crippen molar-refractivity contribution in [3.63, 3.8) is 0 Å². The molecule has 8 heteroatoms. The van der Waals surface area contributed by atoms with Crippen LogP contribution in [0.3, 0.4) is 0 Å². The van der Waals surface area contributed by atoms with Crippen LogP contribution in [-0.4, -0.2) is 11.2 Å². The minimum atomic E-state index is -0.426. The molecule has 5 rings (SSSR count). The molecule has 3 aromatic carbocycles. The molecule has 0 radical (unpaired) electrons. The van der Waals surface area contributed by atoms with Crippen molar-refractivity contribution in [2.45, 2.75) is 0 Å². The summed E-state index contributed by atoms with van der Waals surface area (Å²) in [6.07, 6.45) is 1.60. The van der Waals surface area contributed by atoms with E-state index in [1.807, 2.05) is 6.07 Å². The summed E-state index contributed by atoms with van der Waals surface area (Å²) in [6.45, 7) is 0. The van der Waals surface area contributed by atoms with Crippen molar-refractivity contribution in [3.8, 4) is 22.8 Å². The Morgan fingerprint density at radius 1 is 0.844 bits per heavy atom. The van der Waals surface area contributed by atoms with Crippen LogP contribution >= 0.6 is 34.8 Å². The van der Waals surface area contributed by atoms with Gasteiger partial charge in [0.25, 0.3) is 0 Å². The highest BCUT2D eigenvalue weighted by Crippen LogP contribution is 2.34. The Kier molecular flexibility index (Phi) is 5.47. The third-order valence-electron chi connectivity index (χ3n) is 4.72. The van der Waals surface area contributed by atoms with E-state index in [4.69, 9.17) is 43.6 Å². The number of oxazole rings is 1. The fourth-order valence-electron chi connectivity index (χ4n) is 3.17. The van der Waals surface area contributed by atoms with Crippen molar-refractivity contribution in [2.24, 2.45) is 4.99 Å². The smallest absolute Gasteiger partial charge is 0.228 e. The molecule has 2 heterocycles. The number of aromatic nitrogens is 1. The van der Waals surface area contributed by atoms with Crippen LogP contribution in [0.15, 0.2) is 80.6 Å². The van der Waals surface area contributed by atoms with Crippen LogP contribution < -0.4 is 0 Å². The summed E-state index contributed by atoms with van der Waals surface area (Å²) in [5.74, 6) is 1.02. The highest BCUT2D eigenvalue weighted by Gasteiger charge is 2.13. The van der Waals surface area contributed by atoms with Gasteiger partial charge in [-0.05, 0) is 60.7 Å². The first-order valence-electron chi connectivity index (χ1n) is 9.42. The van der Waals surface area contributed by atoms with E-state index in [2.05, 4.69) is 9.98 Å². The fourth-order valence-corrected chi connectivity index (χ4v) is 3.82. The standard InChI is InChI=1S/C24H12Cl3FN2O2/c25-18-3-1-2-17(23(18)27)21-9-6-15(31-21)12-29-14-5-8-22-20(11-14)30-24(32-22)16-7-4-13(28)10-19(16)26/h1-12H. The third-order valence-corrected chi connectivity index (χ3v) is 5.85. The van der Waals surface area contributed by atoms with Gasteiger partial charge in [0.2, 0.25) is 5.89 Å². The Bertz CT molecular complexity index is 1490. The molecule has 2 aromatic heterocycles. The van der Waals surface area contributed by atoms with Crippen LogP contribution in [0.5, 0.6) is 0 Å². The van der Waals surface area contributed by atoms with Gasteiger partial charge >= 0.3 is 0 Å². The second-order valence-electron chi connectivity index (χ2n) is 6.86. The van der Waals surface area contributed by atoms with Crippen molar-refractivity contribution >= 4 is 57.8 Å². The third kappa shape index (κ3) is 4.02. The van der Waals surface area contributed by atoms with Crippen molar-refractivity contribution in [1.82, 2.24) is 4.98 Å². The van der Waals surface area contributed by atoms with E-state index in [0.29, 0.717) is 55.4 Å². The van der Waals surface area contributed by atoms with E-state index >= 15 is 0 Å². The Balaban J connectivity index is 1.41. The van der Waals surface area contributed by atoms with Crippen LogP contribution in [-0.2, 0) is 0 Å². The number of rotatable bonds is 4. The predicted octanol–water partition coefficient (Wildman–Crippen LogP) is 8.60. The molecule has 0 aliphatic rings. The minimum Gasteiger partial charge on any atom is -0.455 e. The van der Waals surface area contributed by atoms with Gasteiger partial charge in [-0.2, -0.15) is 0 Å². The van der Waals surface area contributed by atoms with Gasteiger partial charge in [0, 0.05) is 5.56 Å². The Labute approximate surface area is 196 Å². The average molecular weight is 486 g/mol. The van der Waals surface area contributed by atoms with Crippen LogP contribution in [0.2, 0.25) is 15.1 Å². The Morgan fingerprint density at radius 3 is 2.56 bits per heavy atom. The zero-order valence-corrected chi connectivity index (χ0v) is 18.4. The predicted molar refractivity (Wildman–Crippen MR) is 126 cm³/mol. The van der Waals surface area contributed by atoms with Crippen LogP contribution in [0.25, 0.3) is 33.9 Å². The first kappa shape index (κ1) is 20.8. The molecule has 0 amide bonds. The van der Waals surface area contributed by atoms with E-state index in [1.54, 1.807) is 48.7 Å². The number of halogens is 4. The average Bonchev–Trinajstić information content (AvgIpc) is 3.41. The van der Waals surface area contributed by atoms with Crippen LogP contribution in [0.1, 0.15) is 5.76 Å². The maximum atomic E-state index is 13.3. The van der Waals surface area contributed by atoms with Gasteiger partial charge in [-0.3, -0.25) is 4.99 Å². The molecule has 0 N–H and O–H groups in total. The summed E-state index contributed by atoms with van der Waals surface area (Å²) >= 11 is 18.5. The van der Waals surface area contributed by atoms with E-state index in [-0.39, 0.29) is 5.02 Å². The maximum Gasteiger partial charge on any atom is 0.228 e. The molecule has 0 saturated carbocycles. The molecule has 5 aromatic rings. The Morgan fingerprint density at radius 2 is 1.72 bits per heavy atom. The van der Waals surface area contributed by atoms with Crippen LogP contribution in [0.4, 0.5) is 10.1 Å². The molecule has 4 nitrogen and oxygen atoms in total. The van der Waals surface area contributed by atoms with Gasteiger partial charge in [-0.25, -0.2) is 9.37 Å². The molecule has 0 aliphatic heterocycles. The molecule has 0 unspecified atom stereocenters. The van der Waals surface area contributed by atoms with Gasteiger partial charge in [-0.15, -0.1) is 0 Å². The van der Waals surface area contributed by atoms with Gasteiger partial charge in [0.15, 0.2) is 5.58 Å². The molecular formula is C24H12Cl3FN2O2. The molecule has 32 heavy (non-hydrogen) atoms. The summed E-state index contributed by atoms with van der Waals surface area (Å²) < 4.78 is 24.9. The fraction of sp³-hybridized carbons (Fsp3) is 0. The number of benzene rings is 3. The minimum absolute atomic E-state index is 0.225. The summed E-state index contributed by atoms with van der Waals surface area (Å²) in [5.41, 5.74) is 3.03. The molecule has 0 spiro atoms. The lowest BCUT2D eigenvalue weighted by molar-refractivity contribution is 0.575. The van der Waals surface area contributed by atoms with Gasteiger partial charge < -0.3 is 8.83 Å². The first-order chi connectivity index (χ1) is 15.5. The van der Waals surface area contributed by atoms with Crippen molar-refractivity contribution in [2.75, 3.05) is 0 Å². The van der Waals surface area contributed by atoms with Gasteiger partial charge in [0.05, 0.1) is 32.5 Å². The largest absolute Gasteiger partial charge is 0.455 e. The number of aliphatic imine (C=N–C) groups is 1. The van der Waals surface area contributed by atoms with Crippen molar-refractivity contribution in [3.05, 3.63) is 93.4 Å². The molecular weight excluding hydrogens is 474 g/mol. The topological polar surface area (TPSA) is 51.5 Å². The lowest BCUT2D eigenvalue weighted by Crippen LogP contribution is -1.81. The summed E-state index contributed by atoms with van der Waals surface area (Å²) in [4.78, 5) is 8.90. The number of furan rings is 1. The molecule has 0 fully saturated rings. The normalized spacial score (nSPS) is 11.6.